The van der Waals surface area contributed by atoms with Gasteiger partial charge in [-0.15, -0.1) is 11.3 Å². The Labute approximate surface area is 187 Å². The fraction of sp³-hybridized carbons (Fsp3) is 0.0476. The van der Waals surface area contributed by atoms with Crippen molar-refractivity contribution in [3.05, 3.63) is 76.4 Å². The number of nitrogens with zero attached hydrogens (tertiary/aromatic N) is 5. The highest BCUT2D eigenvalue weighted by molar-refractivity contribution is 7.13. The smallest absolute Gasteiger partial charge is 0.255 e. The fourth-order valence-corrected chi connectivity index (χ4v) is 4.18. The molecule has 0 aliphatic carbocycles. The quantitative estimate of drug-likeness (QED) is 0.300. The van der Waals surface area contributed by atoms with Crippen LogP contribution in [0.2, 0.25) is 0 Å². The summed E-state index contributed by atoms with van der Waals surface area (Å²) in [4.78, 5) is 12.7. The SMILES string of the molecule is Nc1nc(-n2nc(Cc3c(F)ccc(F)c3F)c3cc(F)ccc32)nc(N)c1-c1nccs1. The van der Waals surface area contributed by atoms with Crippen LogP contribution in [0.15, 0.2) is 41.9 Å². The predicted molar refractivity (Wildman–Crippen MR) is 116 cm³/mol. The van der Waals surface area contributed by atoms with Crippen LogP contribution in [0.1, 0.15) is 11.3 Å². The Hall–Kier alpha value is -4.06. The van der Waals surface area contributed by atoms with E-state index in [2.05, 4.69) is 20.1 Å². The Morgan fingerprint density at radius 3 is 2.36 bits per heavy atom. The predicted octanol–water partition coefficient (Wildman–Crippen LogP) is 4.25. The van der Waals surface area contributed by atoms with Crippen LogP contribution in [0, 0.1) is 23.3 Å². The summed E-state index contributed by atoms with van der Waals surface area (Å²) < 4.78 is 57.4. The normalized spacial score (nSPS) is 11.4. The molecular formula is C21H13F4N7S. The van der Waals surface area contributed by atoms with Gasteiger partial charge in [0.05, 0.1) is 16.8 Å². The molecule has 0 spiro atoms. The summed E-state index contributed by atoms with van der Waals surface area (Å²) in [5, 5.41) is 6.84. The van der Waals surface area contributed by atoms with Gasteiger partial charge in [0.1, 0.15) is 28.3 Å². The third kappa shape index (κ3) is 3.53. The second-order valence-electron chi connectivity index (χ2n) is 7.02. The van der Waals surface area contributed by atoms with E-state index in [9.17, 15) is 17.6 Å². The average molecular weight is 471 g/mol. The lowest BCUT2D eigenvalue weighted by Gasteiger charge is -2.08. The van der Waals surface area contributed by atoms with Gasteiger partial charge in [0.15, 0.2) is 11.6 Å². The summed E-state index contributed by atoms with van der Waals surface area (Å²) in [6, 6.07) is 5.25. The molecule has 0 saturated heterocycles. The number of nitrogens with two attached hydrogens (primary N) is 2. The molecule has 0 aliphatic heterocycles. The number of halogens is 4. The first kappa shape index (κ1) is 20.8. The van der Waals surface area contributed by atoms with Gasteiger partial charge in [0.25, 0.3) is 5.95 Å². The van der Waals surface area contributed by atoms with E-state index in [1.165, 1.54) is 28.2 Å². The molecule has 7 nitrogen and oxygen atoms in total. The topological polar surface area (TPSA) is 109 Å². The van der Waals surface area contributed by atoms with Crippen molar-refractivity contribution >= 4 is 33.9 Å². The number of thiazole rings is 1. The molecule has 166 valence electrons. The highest BCUT2D eigenvalue weighted by atomic mass is 32.1. The van der Waals surface area contributed by atoms with Crippen LogP contribution in [-0.2, 0) is 6.42 Å². The minimum atomic E-state index is -1.34. The van der Waals surface area contributed by atoms with Gasteiger partial charge in [0, 0.05) is 28.9 Å². The summed E-state index contributed by atoms with van der Waals surface area (Å²) in [6.07, 6.45) is 1.14. The van der Waals surface area contributed by atoms with Gasteiger partial charge < -0.3 is 11.5 Å². The summed E-state index contributed by atoms with van der Waals surface area (Å²) >= 11 is 1.30. The van der Waals surface area contributed by atoms with Gasteiger partial charge in [0.2, 0.25) is 0 Å². The number of nitrogen functional groups attached to an aromatic ring is 2. The fourth-order valence-electron chi connectivity index (χ4n) is 3.48. The summed E-state index contributed by atoms with van der Waals surface area (Å²) in [5.74, 6) is -4.04. The van der Waals surface area contributed by atoms with E-state index < -0.39 is 35.3 Å². The van der Waals surface area contributed by atoms with Gasteiger partial charge in [-0.3, -0.25) is 0 Å². The molecule has 0 atom stereocenters. The Bertz CT molecular complexity index is 1490. The first-order valence-electron chi connectivity index (χ1n) is 9.46. The number of benzene rings is 2. The summed E-state index contributed by atoms with van der Waals surface area (Å²) in [7, 11) is 0. The number of fused-ring (bicyclic) bond motifs is 1. The number of hydrogen-bond acceptors (Lipinski definition) is 7. The second-order valence-corrected chi connectivity index (χ2v) is 7.92. The average Bonchev–Trinajstić information content (AvgIpc) is 3.42. The highest BCUT2D eigenvalue weighted by Crippen LogP contribution is 2.32. The molecule has 3 heterocycles. The van der Waals surface area contributed by atoms with Crippen LogP contribution in [0.4, 0.5) is 29.2 Å². The van der Waals surface area contributed by atoms with Crippen LogP contribution in [0.3, 0.4) is 0 Å². The van der Waals surface area contributed by atoms with Gasteiger partial charge in [-0.1, -0.05) is 0 Å². The van der Waals surface area contributed by atoms with Gasteiger partial charge in [-0.2, -0.15) is 19.7 Å². The highest BCUT2D eigenvalue weighted by Gasteiger charge is 2.22. The first-order valence-corrected chi connectivity index (χ1v) is 10.3. The molecule has 0 aliphatic rings. The lowest BCUT2D eigenvalue weighted by Crippen LogP contribution is -2.10. The Kier molecular flexibility index (Phi) is 4.93. The summed E-state index contributed by atoms with van der Waals surface area (Å²) in [6.45, 7) is 0. The van der Waals surface area contributed by atoms with Crippen LogP contribution < -0.4 is 11.5 Å². The molecule has 0 unspecified atom stereocenters. The van der Waals surface area contributed by atoms with E-state index in [-0.39, 0.29) is 28.7 Å². The third-order valence-electron chi connectivity index (χ3n) is 4.99. The zero-order chi connectivity index (χ0) is 23.3. The maximum atomic E-state index is 14.3. The molecule has 0 fully saturated rings. The monoisotopic (exact) mass is 471 g/mol. The van der Waals surface area contributed by atoms with Gasteiger partial charge in [-0.05, 0) is 30.3 Å². The molecule has 0 bridgehead atoms. The molecular weight excluding hydrogens is 458 g/mol. The number of aromatic nitrogens is 5. The Balaban J connectivity index is 1.68. The molecule has 0 amide bonds. The first-order chi connectivity index (χ1) is 15.8. The zero-order valence-corrected chi connectivity index (χ0v) is 17.4. The van der Waals surface area contributed by atoms with E-state index in [0.29, 0.717) is 22.2 Å². The third-order valence-corrected chi connectivity index (χ3v) is 5.78. The van der Waals surface area contributed by atoms with Crippen molar-refractivity contribution in [2.24, 2.45) is 0 Å². The molecule has 3 aromatic heterocycles. The van der Waals surface area contributed by atoms with E-state index in [4.69, 9.17) is 11.5 Å². The second kappa shape index (κ2) is 7.81. The standard InChI is InChI=1S/C21H13F4N7S/c22-9-1-4-15-11(7-9)14(8-10-12(23)2-3-13(24)17(10)25)31-32(15)21-29-18(26)16(19(27)30-21)20-28-5-6-33-20/h1-7H,8H2,(H4,26,27,29,30). The summed E-state index contributed by atoms with van der Waals surface area (Å²) in [5.41, 5.74) is 12.4. The zero-order valence-electron chi connectivity index (χ0n) is 16.6. The number of anilines is 2. The Morgan fingerprint density at radius 2 is 1.67 bits per heavy atom. The van der Waals surface area contributed by atoms with Crippen molar-refractivity contribution in [1.82, 2.24) is 24.7 Å². The van der Waals surface area contributed by atoms with Crippen LogP contribution in [0.5, 0.6) is 0 Å². The number of rotatable bonds is 4. The lowest BCUT2D eigenvalue weighted by molar-refractivity contribution is 0.482. The molecule has 33 heavy (non-hydrogen) atoms. The van der Waals surface area contributed by atoms with Crippen molar-refractivity contribution < 1.29 is 17.6 Å². The van der Waals surface area contributed by atoms with Crippen molar-refractivity contribution in [3.8, 4) is 16.5 Å². The lowest BCUT2D eigenvalue weighted by atomic mass is 10.1. The van der Waals surface area contributed by atoms with Crippen LogP contribution in [-0.4, -0.2) is 24.7 Å². The van der Waals surface area contributed by atoms with Crippen LogP contribution in [0.25, 0.3) is 27.4 Å². The van der Waals surface area contributed by atoms with Gasteiger partial charge in [-0.25, -0.2) is 22.5 Å². The van der Waals surface area contributed by atoms with Crippen molar-refractivity contribution in [3.63, 3.8) is 0 Å². The minimum Gasteiger partial charge on any atom is -0.383 e. The van der Waals surface area contributed by atoms with Crippen LogP contribution >= 0.6 is 11.3 Å². The minimum absolute atomic E-state index is 0.0339. The van der Waals surface area contributed by atoms with Crippen molar-refractivity contribution in [1.29, 1.82) is 0 Å². The van der Waals surface area contributed by atoms with E-state index in [1.54, 1.807) is 11.6 Å². The van der Waals surface area contributed by atoms with E-state index in [0.717, 1.165) is 12.1 Å². The maximum Gasteiger partial charge on any atom is 0.255 e. The molecule has 0 radical (unpaired) electrons. The Morgan fingerprint density at radius 1 is 0.939 bits per heavy atom. The maximum absolute atomic E-state index is 14.3. The van der Waals surface area contributed by atoms with E-state index in [1.807, 2.05) is 0 Å². The van der Waals surface area contributed by atoms with Crippen molar-refractivity contribution in [2.45, 2.75) is 6.42 Å². The molecule has 12 heteroatoms. The van der Waals surface area contributed by atoms with Gasteiger partial charge >= 0.3 is 0 Å². The number of hydrogen-bond donors (Lipinski definition) is 2. The molecule has 2 aromatic carbocycles. The largest absolute Gasteiger partial charge is 0.383 e. The molecule has 4 N–H and O–H groups in total. The molecule has 5 rings (SSSR count). The molecule has 5 aromatic rings. The van der Waals surface area contributed by atoms with E-state index >= 15 is 0 Å². The molecule has 0 saturated carbocycles. The van der Waals surface area contributed by atoms with Crippen molar-refractivity contribution in [2.75, 3.05) is 11.5 Å².